The molecule has 0 aliphatic rings. The lowest BCUT2D eigenvalue weighted by Gasteiger charge is -2.09. The maximum atomic E-state index is 4.12. The van der Waals surface area contributed by atoms with Crippen molar-refractivity contribution in [1.82, 2.24) is 14.8 Å². The zero-order valence-corrected chi connectivity index (χ0v) is 8.82. The number of unbranched alkanes of at least 4 members (excludes halogenated alkanes) is 2. The standard InChI is InChI=1S/C10H19N3/c1-4-5-6-7-10-12-11-8-13(10)9(2)3/h8-9H,4-7H2,1-3H3. The Hall–Kier alpha value is -0.860. The predicted octanol–water partition coefficient (Wildman–Crippen LogP) is 2.59. The van der Waals surface area contributed by atoms with Gasteiger partial charge in [0.15, 0.2) is 0 Å². The number of nitrogens with zero attached hydrogens (tertiary/aromatic N) is 3. The van der Waals surface area contributed by atoms with Crippen LogP contribution in [0.1, 0.15) is 51.9 Å². The van der Waals surface area contributed by atoms with E-state index in [4.69, 9.17) is 0 Å². The second-order valence-corrected chi connectivity index (χ2v) is 3.71. The van der Waals surface area contributed by atoms with Crippen LogP contribution in [0.5, 0.6) is 0 Å². The summed E-state index contributed by atoms with van der Waals surface area (Å²) in [5.74, 6) is 1.13. The smallest absolute Gasteiger partial charge is 0.133 e. The molecule has 0 N–H and O–H groups in total. The Morgan fingerprint density at radius 3 is 2.77 bits per heavy atom. The fraction of sp³-hybridized carbons (Fsp3) is 0.800. The van der Waals surface area contributed by atoms with Crippen molar-refractivity contribution < 1.29 is 0 Å². The number of rotatable bonds is 5. The van der Waals surface area contributed by atoms with E-state index >= 15 is 0 Å². The van der Waals surface area contributed by atoms with Crippen LogP contribution < -0.4 is 0 Å². The lowest BCUT2D eigenvalue weighted by Crippen LogP contribution is -2.05. The van der Waals surface area contributed by atoms with E-state index in [2.05, 4.69) is 35.5 Å². The average molecular weight is 181 g/mol. The second-order valence-electron chi connectivity index (χ2n) is 3.71. The number of aryl methyl sites for hydroxylation is 1. The molecule has 1 aromatic heterocycles. The van der Waals surface area contributed by atoms with Gasteiger partial charge in [-0.25, -0.2) is 0 Å². The van der Waals surface area contributed by atoms with Crippen LogP contribution in [0, 0.1) is 0 Å². The van der Waals surface area contributed by atoms with Crippen LogP contribution >= 0.6 is 0 Å². The Morgan fingerprint density at radius 2 is 2.15 bits per heavy atom. The quantitative estimate of drug-likeness (QED) is 0.654. The maximum absolute atomic E-state index is 4.12. The summed E-state index contributed by atoms with van der Waals surface area (Å²) in [7, 11) is 0. The first-order valence-corrected chi connectivity index (χ1v) is 5.14. The summed E-state index contributed by atoms with van der Waals surface area (Å²) in [6.07, 6.45) is 6.65. The van der Waals surface area contributed by atoms with E-state index in [1.165, 1.54) is 19.3 Å². The topological polar surface area (TPSA) is 30.7 Å². The molecule has 0 spiro atoms. The molecule has 1 rings (SSSR count). The molecule has 1 aromatic rings. The van der Waals surface area contributed by atoms with Gasteiger partial charge in [0.1, 0.15) is 12.2 Å². The summed E-state index contributed by atoms with van der Waals surface area (Å²) in [5.41, 5.74) is 0. The Morgan fingerprint density at radius 1 is 1.38 bits per heavy atom. The minimum Gasteiger partial charge on any atom is -0.315 e. The SMILES string of the molecule is CCCCCc1nncn1C(C)C. The molecule has 0 aliphatic carbocycles. The maximum Gasteiger partial charge on any atom is 0.133 e. The summed E-state index contributed by atoms with van der Waals surface area (Å²) in [4.78, 5) is 0. The van der Waals surface area contributed by atoms with Gasteiger partial charge in [-0.15, -0.1) is 10.2 Å². The molecule has 0 aliphatic heterocycles. The van der Waals surface area contributed by atoms with Gasteiger partial charge >= 0.3 is 0 Å². The Balaban J connectivity index is 2.50. The summed E-state index contributed by atoms with van der Waals surface area (Å²) in [5, 5.41) is 8.06. The highest BCUT2D eigenvalue weighted by Crippen LogP contribution is 2.09. The van der Waals surface area contributed by atoms with Crippen LogP contribution in [0.25, 0.3) is 0 Å². The minimum atomic E-state index is 0.478. The Kier molecular flexibility index (Phi) is 3.93. The van der Waals surface area contributed by atoms with Gasteiger partial charge in [-0.2, -0.15) is 0 Å². The molecule has 0 unspecified atom stereocenters. The summed E-state index contributed by atoms with van der Waals surface area (Å²) in [6.45, 7) is 6.53. The third-order valence-corrected chi connectivity index (χ3v) is 2.21. The highest BCUT2D eigenvalue weighted by molar-refractivity contribution is 4.87. The molecule has 13 heavy (non-hydrogen) atoms. The Bertz CT molecular complexity index is 240. The van der Waals surface area contributed by atoms with Crippen LogP contribution in [0.2, 0.25) is 0 Å². The van der Waals surface area contributed by atoms with Gasteiger partial charge in [-0.1, -0.05) is 19.8 Å². The molecular formula is C10H19N3. The lowest BCUT2D eigenvalue weighted by molar-refractivity contribution is 0.554. The molecule has 0 fully saturated rings. The molecular weight excluding hydrogens is 162 g/mol. The van der Waals surface area contributed by atoms with Crippen molar-refractivity contribution in [3.8, 4) is 0 Å². The van der Waals surface area contributed by atoms with Crippen LogP contribution in [0.15, 0.2) is 6.33 Å². The molecule has 3 heteroatoms. The third-order valence-electron chi connectivity index (χ3n) is 2.21. The largest absolute Gasteiger partial charge is 0.315 e. The lowest BCUT2D eigenvalue weighted by atomic mass is 10.2. The number of aromatic nitrogens is 3. The second kappa shape index (κ2) is 5.00. The molecule has 0 saturated carbocycles. The van der Waals surface area contributed by atoms with E-state index in [-0.39, 0.29) is 0 Å². The molecule has 0 atom stereocenters. The van der Waals surface area contributed by atoms with Gasteiger partial charge in [0.2, 0.25) is 0 Å². The first kappa shape index (κ1) is 10.2. The van der Waals surface area contributed by atoms with E-state index in [1.807, 2.05) is 6.33 Å². The van der Waals surface area contributed by atoms with Crippen LogP contribution in [-0.2, 0) is 6.42 Å². The van der Waals surface area contributed by atoms with Crippen LogP contribution in [0.3, 0.4) is 0 Å². The van der Waals surface area contributed by atoms with E-state index in [0.29, 0.717) is 6.04 Å². The van der Waals surface area contributed by atoms with Gasteiger partial charge in [0.05, 0.1) is 0 Å². The van der Waals surface area contributed by atoms with E-state index < -0.39 is 0 Å². The average Bonchev–Trinajstić information content (AvgIpc) is 2.53. The van der Waals surface area contributed by atoms with E-state index in [1.54, 1.807) is 0 Å². The van der Waals surface area contributed by atoms with Crippen LogP contribution in [-0.4, -0.2) is 14.8 Å². The predicted molar refractivity (Wildman–Crippen MR) is 53.6 cm³/mol. The monoisotopic (exact) mass is 181 g/mol. The van der Waals surface area contributed by atoms with Crippen molar-refractivity contribution in [3.63, 3.8) is 0 Å². The molecule has 74 valence electrons. The highest BCUT2D eigenvalue weighted by Gasteiger charge is 2.05. The summed E-state index contributed by atoms with van der Waals surface area (Å²) >= 11 is 0. The zero-order chi connectivity index (χ0) is 9.68. The third kappa shape index (κ3) is 2.83. The van der Waals surface area contributed by atoms with Crippen molar-refractivity contribution in [2.75, 3.05) is 0 Å². The molecule has 0 radical (unpaired) electrons. The molecule has 0 saturated heterocycles. The van der Waals surface area contributed by atoms with Gasteiger partial charge in [-0.3, -0.25) is 0 Å². The van der Waals surface area contributed by atoms with Crippen molar-refractivity contribution in [1.29, 1.82) is 0 Å². The minimum absolute atomic E-state index is 0.478. The summed E-state index contributed by atoms with van der Waals surface area (Å²) in [6, 6.07) is 0.478. The van der Waals surface area contributed by atoms with Gasteiger partial charge < -0.3 is 4.57 Å². The molecule has 1 heterocycles. The van der Waals surface area contributed by atoms with Crippen LogP contribution in [0.4, 0.5) is 0 Å². The summed E-state index contributed by atoms with van der Waals surface area (Å²) < 4.78 is 2.15. The van der Waals surface area contributed by atoms with Crippen molar-refractivity contribution >= 4 is 0 Å². The van der Waals surface area contributed by atoms with Gasteiger partial charge in [0.25, 0.3) is 0 Å². The number of hydrogen-bond acceptors (Lipinski definition) is 2. The first-order chi connectivity index (χ1) is 6.25. The number of hydrogen-bond donors (Lipinski definition) is 0. The van der Waals surface area contributed by atoms with E-state index in [9.17, 15) is 0 Å². The fourth-order valence-electron chi connectivity index (χ4n) is 1.41. The van der Waals surface area contributed by atoms with Crippen molar-refractivity contribution in [3.05, 3.63) is 12.2 Å². The molecule has 0 amide bonds. The Labute approximate surface area is 80.2 Å². The van der Waals surface area contributed by atoms with Crippen molar-refractivity contribution in [2.24, 2.45) is 0 Å². The fourth-order valence-corrected chi connectivity index (χ4v) is 1.41. The van der Waals surface area contributed by atoms with Gasteiger partial charge in [0, 0.05) is 12.5 Å². The zero-order valence-electron chi connectivity index (χ0n) is 8.82. The molecule has 3 nitrogen and oxygen atoms in total. The normalized spacial score (nSPS) is 11.1. The van der Waals surface area contributed by atoms with Gasteiger partial charge in [-0.05, 0) is 20.3 Å². The van der Waals surface area contributed by atoms with Crippen molar-refractivity contribution in [2.45, 2.75) is 52.5 Å². The molecule has 0 bridgehead atoms. The highest BCUT2D eigenvalue weighted by atomic mass is 15.3. The first-order valence-electron chi connectivity index (χ1n) is 5.14. The molecule has 0 aromatic carbocycles. The van der Waals surface area contributed by atoms with E-state index in [0.717, 1.165) is 12.2 Å².